The number of allylic oxidation sites excluding steroid dienone is 2. The van der Waals surface area contributed by atoms with Gasteiger partial charge in [0, 0.05) is 13.2 Å². The first kappa shape index (κ1) is 10.3. The summed E-state index contributed by atoms with van der Waals surface area (Å²) < 4.78 is 0. The summed E-state index contributed by atoms with van der Waals surface area (Å²) >= 11 is 0. The molecule has 1 aliphatic rings. The normalized spacial score (nSPS) is 26.8. The van der Waals surface area contributed by atoms with Crippen LogP contribution in [0.1, 0.15) is 26.7 Å². The van der Waals surface area contributed by atoms with Gasteiger partial charge in [0.1, 0.15) is 0 Å². The van der Waals surface area contributed by atoms with E-state index in [4.69, 9.17) is 5.11 Å². The van der Waals surface area contributed by atoms with E-state index in [1.165, 1.54) is 0 Å². The van der Waals surface area contributed by atoms with Crippen LogP contribution in [-0.2, 0) is 0 Å². The van der Waals surface area contributed by atoms with Gasteiger partial charge in [-0.3, -0.25) is 0 Å². The highest BCUT2D eigenvalue weighted by Gasteiger charge is 2.29. The fourth-order valence-corrected chi connectivity index (χ4v) is 1.97. The third kappa shape index (κ3) is 1.94. The molecule has 0 amide bonds. The molecule has 0 spiro atoms. The van der Waals surface area contributed by atoms with Crippen LogP contribution in [0.5, 0.6) is 0 Å². The zero-order valence-electron chi connectivity index (χ0n) is 8.53. The first-order chi connectivity index (χ1) is 6.29. The lowest BCUT2D eigenvalue weighted by atomic mass is 9.88. The molecular formula is C11H19NO. The maximum atomic E-state index is 9.04. The molecule has 0 saturated carbocycles. The first-order valence-corrected chi connectivity index (χ1v) is 5.02. The number of hydrogen-bond donors (Lipinski definition) is 1. The summed E-state index contributed by atoms with van der Waals surface area (Å²) in [6.45, 7) is 5.56. The first-order valence-electron chi connectivity index (χ1n) is 5.02. The summed E-state index contributed by atoms with van der Waals surface area (Å²) in [6, 6.07) is 0. The second-order valence-electron chi connectivity index (χ2n) is 3.42. The van der Waals surface area contributed by atoms with E-state index in [0.717, 1.165) is 19.4 Å². The number of nitrogens with zero attached hydrogens (tertiary/aromatic N) is 1. The van der Waals surface area contributed by atoms with Crippen molar-refractivity contribution in [2.24, 2.45) is 0 Å². The number of hydrogen-bond acceptors (Lipinski definition) is 2. The Bertz CT molecular complexity index is 210. The fourth-order valence-electron chi connectivity index (χ4n) is 1.97. The van der Waals surface area contributed by atoms with Gasteiger partial charge < -0.3 is 10.0 Å². The van der Waals surface area contributed by atoms with Crippen LogP contribution in [-0.4, -0.2) is 28.7 Å². The van der Waals surface area contributed by atoms with Crippen molar-refractivity contribution in [2.45, 2.75) is 32.2 Å². The van der Waals surface area contributed by atoms with Gasteiger partial charge in [-0.15, -0.1) is 0 Å². The molecular weight excluding hydrogens is 162 g/mol. The second-order valence-corrected chi connectivity index (χ2v) is 3.42. The highest BCUT2D eigenvalue weighted by Crippen LogP contribution is 2.28. The van der Waals surface area contributed by atoms with Gasteiger partial charge in [0.25, 0.3) is 0 Å². The van der Waals surface area contributed by atoms with Crippen LogP contribution in [0.2, 0.25) is 0 Å². The van der Waals surface area contributed by atoms with Crippen molar-refractivity contribution >= 4 is 0 Å². The Morgan fingerprint density at radius 1 is 1.31 bits per heavy atom. The second kappa shape index (κ2) is 4.47. The van der Waals surface area contributed by atoms with Gasteiger partial charge in [-0.2, -0.15) is 0 Å². The summed E-state index contributed by atoms with van der Waals surface area (Å²) in [5, 5.41) is 9.04. The van der Waals surface area contributed by atoms with Gasteiger partial charge in [0.2, 0.25) is 0 Å². The van der Waals surface area contributed by atoms with Gasteiger partial charge in [-0.05, 0) is 32.0 Å². The van der Waals surface area contributed by atoms with Crippen molar-refractivity contribution in [1.82, 2.24) is 4.90 Å². The zero-order valence-corrected chi connectivity index (χ0v) is 8.53. The van der Waals surface area contributed by atoms with Crippen molar-refractivity contribution in [3.8, 4) is 0 Å². The average Bonchev–Trinajstić information content (AvgIpc) is 2.19. The van der Waals surface area contributed by atoms with Crippen LogP contribution in [0.3, 0.4) is 0 Å². The Morgan fingerprint density at radius 3 is 2.62 bits per heavy atom. The Labute approximate surface area is 80.6 Å². The topological polar surface area (TPSA) is 23.5 Å². The minimum atomic E-state index is 0.0538. The van der Waals surface area contributed by atoms with E-state index in [1.807, 2.05) is 0 Å². The van der Waals surface area contributed by atoms with Gasteiger partial charge in [-0.1, -0.05) is 19.1 Å². The maximum absolute atomic E-state index is 9.04. The lowest BCUT2D eigenvalue weighted by Crippen LogP contribution is -2.45. The summed E-state index contributed by atoms with van der Waals surface area (Å²) in [4.78, 5) is 2.29. The Hall–Kier alpha value is -0.760. The molecule has 0 bridgehead atoms. The maximum Gasteiger partial charge on any atom is 0.0601 e. The van der Waals surface area contributed by atoms with Crippen LogP contribution in [0.4, 0.5) is 0 Å². The molecule has 2 nitrogen and oxygen atoms in total. The average molecular weight is 181 g/mol. The molecule has 1 unspecified atom stereocenters. The minimum Gasteiger partial charge on any atom is -0.396 e. The zero-order chi connectivity index (χ0) is 9.73. The lowest BCUT2D eigenvalue weighted by Gasteiger charge is -2.42. The monoisotopic (exact) mass is 181 g/mol. The van der Waals surface area contributed by atoms with Gasteiger partial charge in [-0.25, -0.2) is 0 Å². The number of aliphatic hydroxyl groups excluding tert-OH is 1. The standard InChI is InChI=1S/C11H19NO/c1-3-11(8-10-13)7-5-6-9-12(11)4-2/h5-7,9,13H,3-4,8,10H2,1-2H3. The predicted octanol–water partition coefficient (Wildman–Crippen LogP) is 1.92. The molecule has 1 rings (SSSR count). The predicted molar refractivity (Wildman–Crippen MR) is 55.4 cm³/mol. The van der Waals surface area contributed by atoms with Crippen LogP contribution in [0.15, 0.2) is 24.4 Å². The van der Waals surface area contributed by atoms with E-state index in [9.17, 15) is 0 Å². The van der Waals surface area contributed by atoms with Crippen LogP contribution < -0.4 is 0 Å². The molecule has 0 aromatic heterocycles. The molecule has 1 heterocycles. The van der Waals surface area contributed by atoms with Gasteiger partial charge >= 0.3 is 0 Å². The summed E-state index contributed by atoms with van der Waals surface area (Å²) in [7, 11) is 0. The van der Waals surface area contributed by atoms with Crippen molar-refractivity contribution in [1.29, 1.82) is 0 Å². The molecule has 2 heteroatoms. The number of rotatable bonds is 4. The van der Waals surface area contributed by atoms with Crippen LogP contribution in [0.25, 0.3) is 0 Å². The van der Waals surface area contributed by atoms with Crippen molar-refractivity contribution < 1.29 is 5.11 Å². The summed E-state index contributed by atoms with van der Waals surface area (Å²) in [6.07, 6.45) is 10.3. The SMILES string of the molecule is CCN1C=CC=CC1(CC)CCO. The largest absolute Gasteiger partial charge is 0.396 e. The van der Waals surface area contributed by atoms with E-state index >= 15 is 0 Å². The van der Waals surface area contributed by atoms with E-state index in [0.29, 0.717) is 0 Å². The van der Waals surface area contributed by atoms with Crippen molar-refractivity contribution in [3.63, 3.8) is 0 Å². The molecule has 1 atom stereocenters. The summed E-state index contributed by atoms with van der Waals surface area (Å²) in [5.74, 6) is 0. The molecule has 0 fully saturated rings. The third-order valence-electron chi connectivity index (χ3n) is 2.85. The number of likely N-dealkylation sites (N-methyl/N-ethyl adjacent to an activating group) is 1. The van der Waals surface area contributed by atoms with E-state index in [-0.39, 0.29) is 12.1 Å². The lowest BCUT2D eigenvalue weighted by molar-refractivity contribution is 0.144. The van der Waals surface area contributed by atoms with Crippen molar-refractivity contribution in [2.75, 3.05) is 13.2 Å². The smallest absolute Gasteiger partial charge is 0.0601 e. The van der Waals surface area contributed by atoms with Crippen LogP contribution >= 0.6 is 0 Å². The highest BCUT2D eigenvalue weighted by molar-refractivity contribution is 5.20. The Morgan fingerprint density at radius 2 is 2.08 bits per heavy atom. The Kier molecular flexibility index (Phi) is 3.55. The van der Waals surface area contributed by atoms with Crippen molar-refractivity contribution in [3.05, 3.63) is 24.4 Å². The van der Waals surface area contributed by atoms with Gasteiger partial charge in [0.15, 0.2) is 0 Å². The molecule has 0 aromatic carbocycles. The third-order valence-corrected chi connectivity index (χ3v) is 2.85. The van der Waals surface area contributed by atoms with Gasteiger partial charge in [0.05, 0.1) is 5.54 Å². The van der Waals surface area contributed by atoms with E-state index < -0.39 is 0 Å². The molecule has 0 saturated heterocycles. The molecule has 0 aromatic rings. The fraction of sp³-hybridized carbons (Fsp3) is 0.636. The van der Waals surface area contributed by atoms with E-state index in [2.05, 4.69) is 43.2 Å². The molecule has 0 aliphatic carbocycles. The molecule has 1 aliphatic heterocycles. The van der Waals surface area contributed by atoms with E-state index in [1.54, 1.807) is 0 Å². The molecule has 13 heavy (non-hydrogen) atoms. The quantitative estimate of drug-likeness (QED) is 0.716. The number of aliphatic hydroxyl groups is 1. The summed E-state index contributed by atoms with van der Waals surface area (Å²) in [5.41, 5.74) is 0.0538. The molecule has 1 N–H and O–H groups in total. The molecule has 74 valence electrons. The van der Waals surface area contributed by atoms with Crippen LogP contribution in [0, 0.1) is 0 Å². The minimum absolute atomic E-state index is 0.0538. The Balaban J connectivity index is 2.81. The highest BCUT2D eigenvalue weighted by atomic mass is 16.3. The molecule has 0 radical (unpaired) electrons.